The first-order chi connectivity index (χ1) is 13.1. The van der Waals surface area contributed by atoms with Gasteiger partial charge in [0, 0.05) is 10.3 Å². The molecule has 0 aliphatic heterocycles. The van der Waals surface area contributed by atoms with Crippen molar-refractivity contribution in [3.8, 4) is 5.69 Å². The molecule has 0 saturated carbocycles. The largest absolute Gasteiger partial charge is 0.268 e. The van der Waals surface area contributed by atoms with Crippen LogP contribution in [-0.4, -0.2) is 9.55 Å². The molecule has 0 bridgehead atoms. The van der Waals surface area contributed by atoms with E-state index in [1.54, 1.807) is 28.5 Å². The minimum absolute atomic E-state index is 0.0781. The molecule has 3 nitrogen and oxygen atoms in total. The molecule has 4 rings (SSSR count). The van der Waals surface area contributed by atoms with Crippen LogP contribution in [0.15, 0.2) is 88.8 Å². The number of hydrogen-bond acceptors (Lipinski definition) is 3. The average Bonchev–Trinajstić information content (AvgIpc) is 2.70. The van der Waals surface area contributed by atoms with Crippen LogP contribution in [0, 0.1) is 0 Å². The third-order valence-corrected chi connectivity index (χ3v) is 5.74. The van der Waals surface area contributed by atoms with Crippen molar-refractivity contribution < 1.29 is 0 Å². The zero-order valence-corrected chi connectivity index (χ0v) is 16.2. The molecule has 1 aromatic heterocycles. The van der Waals surface area contributed by atoms with Crippen molar-refractivity contribution in [2.45, 2.75) is 17.3 Å². The van der Waals surface area contributed by atoms with Crippen molar-refractivity contribution >= 4 is 34.3 Å². The molecule has 3 aromatic carbocycles. The molecule has 0 radical (unpaired) electrons. The number of para-hydroxylation sites is 1. The van der Waals surface area contributed by atoms with Crippen molar-refractivity contribution in [1.29, 1.82) is 0 Å². The van der Waals surface area contributed by atoms with E-state index in [-0.39, 0.29) is 10.8 Å². The van der Waals surface area contributed by atoms with Gasteiger partial charge in [-0.3, -0.25) is 9.36 Å². The number of fused-ring (bicyclic) bond motifs is 1. The van der Waals surface area contributed by atoms with Crippen LogP contribution in [0.1, 0.15) is 17.7 Å². The van der Waals surface area contributed by atoms with E-state index in [4.69, 9.17) is 16.6 Å². The molecule has 0 unspecified atom stereocenters. The van der Waals surface area contributed by atoms with Crippen LogP contribution < -0.4 is 5.56 Å². The Morgan fingerprint density at radius 3 is 2.33 bits per heavy atom. The van der Waals surface area contributed by atoms with Gasteiger partial charge < -0.3 is 0 Å². The number of halogens is 1. The first-order valence-electron chi connectivity index (χ1n) is 8.63. The van der Waals surface area contributed by atoms with E-state index in [9.17, 15) is 4.79 Å². The summed E-state index contributed by atoms with van der Waals surface area (Å²) in [6.07, 6.45) is 0. The lowest BCUT2D eigenvalue weighted by molar-refractivity contribution is 0.815. The van der Waals surface area contributed by atoms with Crippen LogP contribution in [0.2, 0.25) is 5.02 Å². The van der Waals surface area contributed by atoms with Gasteiger partial charge >= 0.3 is 0 Å². The summed E-state index contributed by atoms with van der Waals surface area (Å²) in [6, 6.07) is 24.9. The number of nitrogens with zero attached hydrogens (tertiary/aromatic N) is 2. The zero-order chi connectivity index (χ0) is 18.8. The lowest BCUT2D eigenvalue weighted by atomic mass is 10.2. The highest BCUT2D eigenvalue weighted by Gasteiger charge is 2.16. The van der Waals surface area contributed by atoms with Crippen molar-refractivity contribution in [2.24, 2.45) is 0 Å². The van der Waals surface area contributed by atoms with Crippen LogP contribution in [0.25, 0.3) is 16.6 Å². The van der Waals surface area contributed by atoms with Gasteiger partial charge in [-0.05, 0) is 48.9 Å². The molecule has 0 aliphatic carbocycles. The maximum atomic E-state index is 13.2. The smallest absolute Gasteiger partial charge is 0.266 e. The standard InChI is InChI=1S/C22H17ClN2OS/c1-15(16-7-3-2-4-8-16)27-22-24-20-10-6-5-9-19(20)21(26)25(22)18-13-11-17(23)12-14-18/h2-15H,1H3/t15-/m1/s1. The van der Waals surface area contributed by atoms with E-state index < -0.39 is 0 Å². The Labute approximate surface area is 166 Å². The molecule has 0 spiro atoms. The summed E-state index contributed by atoms with van der Waals surface area (Å²) in [4.78, 5) is 18.0. The quantitative estimate of drug-likeness (QED) is 0.320. The monoisotopic (exact) mass is 392 g/mol. The molecule has 0 amide bonds. The van der Waals surface area contributed by atoms with E-state index in [1.807, 2.05) is 54.6 Å². The molecule has 5 heteroatoms. The average molecular weight is 393 g/mol. The van der Waals surface area contributed by atoms with Crippen LogP contribution in [0.5, 0.6) is 0 Å². The molecule has 1 atom stereocenters. The molecule has 0 fully saturated rings. The second-order valence-corrected chi connectivity index (χ2v) is 7.94. The second-order valence-electron chi connectivity index (χ2n) is 6.20. The predicted molar refractivity (Wildman–Crippen MR) is 113 cm³/mol. The first-order valence-corrected chi connectivity index (χ1v) is 9.88. The van der Waals surface area contributed by atoms with E-state index in [0.717, 1.165) is 5.69 Å². The van der Waals surface area contributed by atoms with Crippen LogP contribution >= 0.6 is 23.4 Å². The predicted octanol–water partition coefficient (Wildman–Crippen LogP) is 5.89. The van der Waals surface area contributed by atoms with E-state index in [0.29, 0.717) is 21.1 Å². The molecule has 27 heavy (non-hydrogen) atoms. The van der Waals surface area contributed by atoms with Crippen molar-refractivity contribution in [3.63, 3.8) is 0 Å². The van der Waals surface area contributed by atoms with Gasteiger partial charge in [0.2, 0.25) is 0 Å². The summed E-state index contributed by atoms with van der Waals surface area (Å²) >= 11 is 7.60. The highest BCUT2D eigenvalue weighted by atomic mass is 35.5. The fraction of sp³-hybridized carbons (Fsp3) is 0.0909. The minimum Gasteiger partial charge on any atom is -0.268 e. The van der Waals surface area contributed by atoms with Crippen molar-refractivity contribution in [2.75, 3.05) is 0 Å². The van der Waals surface area contributed by atoms with E-state index in [1.165, 1.54) is 5.56 Å². The molecule has 1 heterocycles. The van der Waals surface area contributed by atoms with Gasteiger partial charge in [-0.1, -0.05) is 65.8 Å². The summed E-state index contributed by atoms with van der Waals surface area (Å²) in [5, 5.41) is 2.05. The Bertz CT molecular complexity index is 1140. The molecule has 4 aromatic rings. The third-order valence-electron chi connectivity index (χ3n) is 4.38. The number of benzene rings is 3. The molecule has 0 N–H and O–H groups in total. The normalized spacial score (nSPS) is 12.2. The Hall–Kier alpha value is -2.56. The minimum atomic E-state index is -0.0781. The molecular weight excluding hydrogens is 376 g/mol. The summed E-state index contributed by atoms with van der Waals surface area (Å²) in [7, 11) is 0. The van der Waals surface area contributed by atoms with E-state index in [2.05, 4.69) is 19.1 Å². The van der Waals surface area contributed by atoms with Crippen molar-refractivity contribution in [1.82, 2.24) is 9.55 Å². The van der Waals surface area contributed by atoms with Crippen molar-refractivity contribution in [3.05, 3.63) is 99.8 Å². The SMILES string of the molecule is C[C@@H](Sc1nc2ccccc2c(=O)n1-c1ccc(Cl)cc1)c1ccccc1. The highest BCUT2D eigenvalue weighted by Crippen LogP contribution is 2.34. The van der Waals surface area contributed by atoms with Gasteiger partial charge in [-0.15, -0.1) is 0 Å². The third kappa shape index (κ3) is 3.64. The number of thioether (sulfide) groups is 1. The lowest BCUT2D eigenvalue weighted by Crippen LogP contribution is -2.21. The van der Waals surface area contributed by atoms with Gasteiger partial charge in [0.25, 0.3) is 5.56 Å². The van der Waals surface area contributed by atoms with Crippen LogP contribution in [-0.2, 0) is 0 Å². The van der Waals surface area contributed by atoms with Gasteiger partial charge in [0.05, 0.1) is 16.6 Å². The molecule has 0 aliphatic rings. The van der Waals surface area contributed by atoms with Gasteiger partial charge in [-0.2, -0.15) is 0 Å². The summed E-state index contributed by atoms with van der Waals surface area (Å²) in [6.45, 7) is 2.12. The maximum Gasteiger partial charge on any atom is 0.266 e. The summed E-state index contributed by atoms with van der Waals surface area (Å²) < 4.78 is 1.67. The van der Waals surface area contributed by atoms with Crippen LogP contribution in [0.4, 0.5) is 0 Å². The number of hydrogen-bond donors (Lipinski definition) is 0. The lowest BCUT2D eigenvalue weighted by Gasteiger charge is -2.17. The van der Waals surface area contributed by atoms with Gasteiger partial charge in [-0.25, -0.2) is 4.98 Å². The topological polar surface area (TPSA) is 34.9 Å². The highest BCUT2D eigenvalue weighted by molar-refractivity contribution is 7.99. The van der Waals surface area contributed by atoms with Crippen LogP contribution in [0.3, 0.4) is 0 Å². The Morgan fingerprint density at radius 2 is 1.59 bits per heavy atom. The Kier molecular flexibility index (Phi) is 5.01. The van der Waals surface area contributed by atoms with Gasteiger partial charge in [0.15, 0.2) is 5.16 Å². The Balaban J connectivity index is 1.88. The molecular formula is C22H17ClN2OS. The second kappa shape index (κ2) is 7.59. The van der Waals surface area contributed by atoms with E-state index >= 15 is 0 Å². The fourth-order valence-electron chi connectivity index (χ4n) is 2.96. The molecule has 134 valence electrons. The summed E-state index contributed by atoms with van der Waals surface area (Å²) in [5.74, 6) is 0. The maximum absolute atomic E-state index is 13.2. The number of aromatic nitrogens is 2. The Morgan fingerprint density at radius 1 is 0.926 bits per heavy atom. The first kappa shape index (κ1) is 17.8. The number of rotatable bonds is 4. The zero-order valence-electron chi connectivity index (χ0n) is 14.7. The fourth-order valence-corrected chi connectivity index (χ4v) is 4.14. The summed E-state index contributed by atoms with van der Waals surface area (Å²) in [5.41, 5.74) is 2.57. The molecule has 0 saturated heterocycles. The van der Waals surface area contributed by atoms with Gasteiger partial charge in [0.1, 0.15) is 0 Å².